The summed E-state index contributed by atoms with van der Waals surface area (Å²) in [5.41, 5.74) is 6.14. The molecule has 0 saturated carbocycles. The van der Waals surface area contributed by atoms with Crippen LogP contribution in [0, 0.1) is 5.92 Å². The van der Waals surface area contributed by atoms with E-state index >= 15 is 0 Å². The Hall–Kier alpha value is -3.34. The molecule has 30 heavy (non-hydrogen) atoms. The molecule has 1 heterocycles. The summed E-state index contributed by atoms with van der Waals surface area (Å²) >= 11 is 0. The summed E-state index contributed by atoms with van der Waals surface area (Å²) in [6.07, 6.45) is 4.16. The molecule has 152 valence electrons. The summed E-state index contributed by atoms with van der Waals surface area (Å²) in [5.74, 6) is 0.839. The fraction of sp³-hybridized carbons (Fsp3) is 0.280. The van der Waals surface area contributed by atoms with Crippen molar-refractivity contribution < 1.29 is 14.0 Å². The fourth-order valence-corrected chi connectivity index (χ4v) is 5.08. The van der Waals surface area contributed by atoms with Gasteiger partial charge in [-0.2, -0.15) is 0 Å². The normalized spacial score (nSPS) is 20.9. The third kappa shape index (κ3) is 3.30. The lowest BCUT2D eigenvalue weighted by molar-refractivity contribution is -0.121. The lowest BCUT2D eigenvalue weighted by Crippen LogP contribution is -2.40. The van der Waals surface area contributed by atoms with E-state index in [1.807, 2.05) is 0 Å². The molecule has 0 saturated heterocycles. The lowest BCUT2D eigenvalue weighted by Gasteiger charge is -2.45. The highest BCUT2D eigenvalue weighted by molar-refractivity contribution is 5.94. The van der Waals surface area contributed by atoms with Crippen molar-refractivity contribution in [3.8, 4) is 0 Å². The SMILES string of the molecule is O=C(CCNC(=O)c1ccoc1)NC[C@H]1CC2c3ccccc3C1c1ccccc12. The minimum absolute atomic E-state index is 0.0366. The quantitative estimate of drug-likeness (QED) is 0.661. The second kappa shape index (κ2) is 7.82. The zero-order valence-electron chi connectivity index (χ0n) is 16.6. The van der Waals surface area contributed by atoms with E-state index < -0.39 is 0 Å². The summed E-state index contributed by atoms with van der Waals surface area (Å²) in [6, 6.07) is 19.0. The Labute approximate surface area is 175 Å². The van der Waals surface area contributed by atoms with E-state index in [1.54, 1.807) is 6.07 Å². The van der Waals surface area contributed by atoms with Crippen molar-refractivity contribution in [1.82, 2.24) is 10.6 Å². The molecule has 3 aromatic rings. The van der Waals surface area contributed by atoms with Crippen LogP contribution in [0.4, 0.5) is 0 Å². The zero-order chi connectivity index (χ0) is 20.5. The lowest BCUT2D eigenvalue weighted by atomic mass is 9.59. The van der Waals surface area contributed by atoms with Gasteiger partial charge in [-0.15, -0.1) is 0 Å². The Bertz CT molecular complexity index is 1030. The van der Waals surface area contributed by atoms with Gasteiger partial charge >= 0.3 is 0 Å². The molecule has 0 fully saturated rings. The van der Waals surface area contributed by atoms with E-state index in [0.29, 0.717) is 36.4 Å². The van der Waals surface area contributed by atoms with E-state index in [1.165, 1.54) is 34.8 Å². The number of carbonyl (C=O) groups excluding carboxylic acids is 2. The van der Waals surface area contributed by atoms with Crippen molar-refractivity contribution in [3.63, 3.8) is 0 Å². The maximum absolute atomic E-state index is 12.4. The molecule has 5 heteroatoms. The molecule has 3 aliphatic carbocycles. The minimum Gasteiger partial charge on any atom is -0.472 e. The van der Waals surface area contributed by atoms with Gasteiger partial charge in [0.15, 0.2) is 0 Å². The number of carbonyl (C=O) groups is 2. The third-order valence-corrected chi connectivity index (χ3v) is 6.41. The second-order valence-corrected chi connectivity index (χ2v) is 8.11. The van der Waals surface area contributed by atoms with Crippen LogP contribution in [0.5, 0.6) is 0 Å². The average molecular weight is 400 g/mol. The Balaban J connectivity index is 1.21. The molecule has 3 aliphatic rings. The molecule has 2 amide bonds. The molecule has 0 radical (unpaired) electrons. The highest BCUT2D eigenvalue weighted by atomic mass is 16.3. The molecule has 2 bridgehead atoms. The van der Waals surface area contributed by atoms with Crippen LogP contribution in [-0.2, 0) is 4.79 Å². The maximum Gasteiger partial charge on any atom is 0.254 e. The smallest absolute Gasteiger partial charge is 0.254 e. The second-order valence-electron chi connectivity index (χ2n) is 8.11. The molecule has 5 nitrogen and oxygen atoms in total. The van der Waals surface area contributed by atoms with Gasteiger partial charge < -0.3 is 15.1 Å². The van der Waals surface area contributed by atoms with E-state index in [-0.39, 0.29) is 18.2 Å². The molecule has 0 unspecified atom stereocenters. The topological polar surface area (TPSA) is 71.3 Å². The highest BCUT2D eigenvalue weighted by Crippen LogP contribution is 2.55. The first-order valence-electron chi connectivity index (χ1n) is 10.5. The van der Waals surface area contributed by atoms with Gasteiger partial charge in [0.1, 0.15) is 6.26 Å². The third-order valence-electron chi connectivity index (χ3n) is 6.41. The Morgan fingerprint density at radius 3 is 2.20 bits per heavy atom. The van der Waals surface area contributed by atoms with Crippen LogP contribution < -0.4 is 10.6 Å². The van der Waals surface area contributed by atoms with Gasteiger partial charge in [-0.3, -0.25) is 9.59 Å². The number of amides is 2. The van der Waals surface area contributed by atoms with E-state index in [4.69, 9.17) is 4.42 Å². The predicted octanol–water partition coefficient (Wildman–Crippen LogP) is 3.81. The van der Waals surface area contributed by atoms with E-state index in [9.17, 15) is 9.59 Å². The van der Waals surface area contributed by atoms with Crippen LogP contribution in [0.1, 0.15) is 57.3 Å². The van der Waals surface area contributed by atoms with Crippen LogP contribution in [-0.4, -0.2) is 24.9 Å². The first-order chi connectivity index (χ1) is 14.7. The van der Waals surface area contributed by atoms with Gasteiger partial charge in [0.25, 0.3) is 5.91 Å². The number of fused-ring (bicyclic) bond motifs is 1. The van der Waals surface area contributed by atoms with E-state index in [0.717, 1.165) is 6.42 Å². The molecular weight excluding hydrogens is 376 g/mol. The molecule has 0 aliphatic heterocycles. The number of hydrogen-bond donors (Lipinski definition) is 2. The molecule has 6 rings (SSSR count). The minimum atomic E-state index is -0.227. The average Bonchev–Trinajstić information content (AvgIpc) is 3.33. The van der Waals surface area contributed by atoms with Crippen LogP contribution in [0.3, 0.4) is 0 Å². The molecule has 1 aromatic heterocycles. The Morgan fingerprint density at radius 1 is 0.900 bits per heavy atom. The summed E-state index contributed by atoms with van der Waals surface area (Å²) in [4.78, 5) is 24.3. The maximum atomic E-state index is 12.4. The molecular formula is C25H24N2O3. The van der Waals surface area contributed by atoms with Gasteiger partial charge in [0, 0.05) is 31.3 Å². The molecule has 2 N–H and O–H groups in total. The van der Waals surface area contributed by atoms with Crippen molar-refractivity contribution >= 4 is 11.8 Å². The monoisotopic (exact) mass is 400 g/mol. The zero-order valence-corrected chi connectivity index (χ0v) is 16.6. The summed E-state index contributed by atoms with van der Waals surface area (Å²) in [7, 11) is 0. The Kier molecular flexibility index (Phi) is 4.87. The number of nitrogens with one attached hydrogen (secondary N) is 2. The van der Waals surface area contributed by atoms with Gasteiger partial charge in [0.2, 0.25) is 5.91 Å². The van der Waals surface area contributed by atoms with Crippen LogP contribution in [0.15, 0.2) is 71.5 Å². The molecule has 2 aromatic carbocycles. The van der Waals surface area contributed by atoms with Gasteiger partial charge in [-0.05, 0) is 40.7 Å². The standard InChI is InChI=1S/C25H24N2O3/c28-23(9-11-26-25(29)16-10-12-30-15-16)27-14-17-13-22-18-5-1-3-7-20(18)24(17)21-8-4-2-6-19(21)22/h1-8,10,12,15,17,22,24H,9,11,13-14H2,(H,26,29)(H,27,28)/t17-,22?,24?/m1/s1. The van der Waals surface area contributed by atoms with Crippen molar-refractivity contribution in [3.05, 3.63) is 94.9 Å². The van der Waals surface area contributed by atoms with Crippen LogP contribution in [0.25, 0.3) is 0 Å². The van der Waals surface area contributed by atoms with Gasteiger partial charge in [-0.25, -0.2) is 0 Å². The largest absolute Gasteiger partial charge is 0.472 e. The highest BCUT2D eigenvalue weighted by Gasteiger charge is 2.42. The summed E-state index contributed by atoms with van der Waals surface area (Å²) < 4.78 is 4.90. The molecule has 0 spiro atoms. The predicted molar refractivity (Wildman–Crippen MR) is 113 cm³/mol. The summed E-state index contributed by atoms with van der Waals surface area (Å²) in [6.45, 7) is 0.955. The van der Waals surface area contributed by atoms with Gasteiger partial charge in [0.05, 0.1) is 11.8 Å². The molecule has 1 atom stereocenters. The van der Waals surface area contributed by atoms with Crippen molar-refractivity contribution in [2.24, 2.45) is 5.92 Å². The van der Waals surface area contributed by atoms with Crippen LogP contribution in [0.2, 0.25) is 0 Å². The van der Waals surface area contributed by atoms with Crippen LogP contribution >= 0.6 is 0 Å². The van der Waals surface area contributed by atoms with E-state index in [2.05, 4.69) is 59.2 Å². The first-order valence-corrected chi connectivity index (χ1v) is 10.5. The first kappa shape index (κ1) is 18.7. The Morgan fingerprint density at radius 2 is 1.57 bits per heavy atom. The van der Waals surface area contributed by atoms with Crippen molar-refractivity contribution in [2.75, 3.05) is 13.1 Å². The summed E-state index contributed by atoms with van der Waals surface area (Å²) in [5, 5.41) is 5.85. The van der Waals surface area contributed by atoms with Crippen molar-refractivity contribution in [2.45, 2.75) is 24.7 Å². The number of hydrogen-bond acceptors (Lipinski definition) is 3. The number of benzene rings is 2. The van der Waals surface area contributed by atoms with Crippen molar-refractivity contribution in [1.29, 1.82) is 0 Å². The number of rotatable bonds is 6. The fourth-order valence-electron chi connectivity index (χ4n) is 5.08. The van der Waals surface area contributed by atoms with Gasteiger partial charge in [-0.1, -0.05) is 48.5 Å². The number of furan rings is 1.